The molecule has 0 radical (unpaired) electrons. The van der Waals surface area contributed by atoms with Gasteiger partial charge in [0.25, 0.3) is 0 Å². The van der Waals surface area contributed by atoms with Crippen LogP contribution in [-0.4, -0.2) is 55.1 Å². The quantitative estimate of drug-likeness (QED) is 0.719. The molecule has 0 bridgehead atoms. The van der Waals surface area contributed by atoms with E-state index in [0.29, 0.717) is 25.6 Å². The van der Waals surface area contributed by atoms with Gasteiger partial charge >= 0.3 is 0 Å². The Morgan fingerprint density at radius 2 is 1.81 bits per heavy atom. The molecule has 1 saturated heterocycles. The van der Waals surface area contributed by atoms with E-state index in [4.69, 9.17) is 0 Å². The van der Waals surface area contributed by atoms with E-state index in [-0.39, 0.29) is 5.75 Å². The molecular weight excluding hydrogens is 362 g/mol. The highest BCUT2D eigenvalue weighted by atomic mass is 32.2. The molecule has 1 fully saturated rings. The molecule has 146 valence electrons. The van der Waals surface area contributed by atoms with E-state index in [1.165, 1.54) is 5.56 Å². The molecule has 3 rings (SSSR count). The number of rotatable bonds is 8. The van der Waals surface area contributed by atoms with Crippen molar-refractivity contribution in [2.75, 3.05) is 37.8 Å². The molecule has 0 atom stereocenters. The van der Waals surface area contributed by atoms with E-state index in [9.17, 15) is 8.42 Å². The lowest BCUT2D eigenvalue weighted by atomic mass is 10.1. The molecule has 2 heterocycles. The fourth-order valence-corrected chi connectivity index (χ4v) is 4.63. The minimum absolute atomic E-state index is 0.0597. The van der Waals surface area contributed by atoms with Gasteiger partial charge in [-0.25, -0.2) is 22.7 Å². The summed E-state index contributed by atoms with van der Waals surface area (Å²) in [5, 5.41) is 6.15. The van der Waals surface area contributed by atoms with Crippen LogP contribution in [-0.2, 0) is 16.6 Å². The van der Waals surface area contributed by atoms with Gasteiger partial charge in [0.2, 0.25) is 16.0 Å². The molecule has 2 aromatic rings. The minimum Gasteiger partial charge on any atom is -0.353 e. The van der Waals surface area contributed by atoms with Gasteiger partial charge in [0.05, 0.1) is 5.75 Å². The van der Waals surface area contributed by atoms with Crippen molar-refractivity contribution in [2.24, 2.45) is 0 Å². The first-order chi connectivity index (χ1) is 13.1. The van der Waals surface area contributed by atoms with Gasteiger partial charge in [-0.3, -0.25) is 0 Å². The number of hydrogen-bond donors (Lipinski definition) is 2. The molecule has 0 saturated carbocycles. The normalized spacial score (nSPS) is 15.6. The van der Waals surface area contributed by atoms with Crippen LogP contribution >= 0.6 is 0 Å². The first-order valence-electron chi connectivity index (χ1n) is 9.36. The topological polar surface area (TPSA) is 87.2 Å². The summed E-state index contributed by atoms with van der Waals surface area (Å²) in [7, 11) is -1.29. The lowest BCUT2D eigenvalue weighted by Gasteiger charge is -2.25. The third-order valence-corrected chi connectivity index (χ3v) is 6.52. The van der Waals surface area contributed by atoms with E-state index in [1.807, 2.05) is 19.2 Å². The van der Waals surface area contributed by atoms with Crippen molar-refractivity contribution in [2.45, 2.75) is 25.8 Å². The van der Waals surface area contributed by atoms with Crippen LogP contribution in [0, 0.1) is 0 Å². The summed E-state index contributed by atoms with van der Waals surface area (Å²) in [5.41, 5.74) is 3.18. The summed E-state index contributed by atoms with van der Waals surface area (Å²) >= 11 is 0. The molecule has 1 aromatic carbocycles. The van der Waals surface area contributed by atoms with Gasteiger partial charge in [-0.2, -0.15) is 0 Å². The van der Waals surface area contributed by atoms with Crippen molar-refractivity contribution in [3.8, 4) is 11.1 Å². The molecule has 0 unspecified atom stereocenters. The molecular formula is C19H27N5O2S. The van der Waals surface area contributed by atoms with Crippen molar-refractivity contribution < 1.29 is 8.42 Å². The standard InChI is InChI=1S/C19H27N5O2S/c1-20-13-16-6-5-7-17(12-16)18-14-22-19(23-15-18)21-8-11-27(25,26)24-9-3-2-4-10-24/h5-7,12,14-15,20H,2-4,8-11,13H2,1H3,(H,21,22,23). The first kappa shape index (κ1) is 19.7. The van der Waals surface area contributed by atoms with Crippen molar-refractivity contribution in [1.82, 2.24) is 19.6 Å². The molecule has 2 N–H and O–H groups in total. The van der Waals surface area contributed by atoms with Crippen LogP contribution in [0.15, 0.2) is 36.7 Å². The second-order valence-electron chi connectivity index (χ2n) is 6.73. The molecule has 8 heteroatoms. The second-order valence-corrected chi connectivity index (χ2v) is 8.82. The van der Waals surface area contributed by atoms with Gasteiger partial charge in [-0.15, -0.1) is 0 Å². The lowest BCUT2D eigenvalue weighted by Crippen LogP contribution is -2.38. The Morgan fingerprint density at radius 3 is 2.52 bits per heavy atom. The zero-order chi connectivity index (χ0) is 19.1. The van der Waals surface area contributed by atoms with E-state index < -0.39 is 10.0 Å². The van der Waals surface area contributed by atoms with E-state index in [2.05, 4.69) is 32.7 Å². The SMILES string of the molecule is CNCc1cccc(-c2cnc(NCCS(=O)(=O)N3CCCCC3)nc2)c1. The zero-order valence-electron chi connectivity index (χ0n) is 15.7. The van der Waals surface area contributed by atoms with Crippen molar-refractivity contribution in [3.05, 3.63) is 42.2 Å². The third-order valence-electron chi connectivity index (χ3n) is 4.64. The Kier molecular flexibility index (Phi) is 6.76. The van der Waals surface area contributed by atoms with Crippen molar-refractivity contribution in [3.63, 3.8) is 0 Å². The van der Waals surface area contributed by atoms with Crippen LogP contribution in [0.4, 0.5) is 5.95 Å². The molecule has 0 amide bonds. The first-order valence-corrected chi connectivity index (χ1v) is 11.0. The Labute approximate surface area is 161 Å². The third kappa shape index (κ3) is 5.47. The number of nitrogens with one attached hydrogen (secondary N) is 2. The molecule has 1 aliphatic heterocycles. The smallest absolute Gasteiger partial charge is 0.222 e. The number of anilines is 1. The Balaban J connectivity index is 1.55. The van der Waals surface area contributed by atoms with E-state index >= 15 is 0 Å². The van der Waals surface area contributed by atoms with Gasteiger partial charge in [-0.1, -0.05) is 24.6 Å². The summed E-state index contributed by atoms with van der Waals surface area (Å²) < 4.78 is 26.3. The maximum Gasteiger partial charge on any atom is 0.222 e. The van der Waals surface area contributed by atoms with Crippen LogP contribution in [0.2, 0.25) is 0 Å². The maximum absolute atomic E-state index is 12.3. The zero-order valence-corrected chi connectivity index (χ0v) is 16.5. The van der Waals surface area contributed by atoms with E-state index in [1.54, 1.807) is 16.7 Å². The van der Waals surface area contributed by atoms with Crippen molar-refractivity contribution >= 4 is 16.0 Å². The summed E-state index contributed by atoms with van der Waals surface area (Å²) in [4.78, 5) is 8.63. The van der Waals surface area contributed by atoms with Crippen LogP contribution in [0.5, 0.6) is 0 Å². The number of benzene rings is 1. The Morgan fingerprint density at radius 1 is 1.07 bits per heavy atom. The number of nitrogens with zero attached hydrogens (tertiary/aromatic N) is 3. The Bertz CT molecular complexity index is 833. The van der Waals surface area contributed by atoms with Crippen LogP contribution in [0.1, 0.15) is 24.8 Å². The van der Waals surface area contributed by atoms with Gasteiger partial charge < -0.3 is 10.6 Å². The molecule has 27 heavy (non-hydrogen) atoms. The van der Waals surface area contributed by atoms with Crippen LogP contribution < -0.4 is 10.6 Å². The molecule has 0 spiro atoms. The molecule has 1 aromatic heterocycles. The largest absolute Gasteiger partial charge is 0.353 e. The predicted octanol–water partition coefficient (Wildman–Crippen LogP) is 2.09. The number of aromatic nitrogens is 2. The van der Waals surface area contributed by atoms with E-state index in [0.717, 1.165) is 36.9 Å². The molecule has 1 aliphatic rings. The second kappa shape index (κ2) is 9.25. The van der Waals surface area contributed by atoms with Crippen molar-refractivity contribution in [1.29, 1.82) is 0 Å². The monoisotopic (exact) mass is 389 g/mol. The van der Waals surface area contributed by atoms with Gasteiger partial charge in [0.15, 0.2) is 0 Å². The summed E-state index contributed by atoms with van der Waals surface area (Å²) in [6.07, 6.45) is 6.53. The summed E-state index contributed by atoms with van der Waals surface area (Å²) in [6.45, 7) is 2.38. The van der Waals surface area contributed by atoms with Gasteiger partial charge in [0.1, 0.15) is 0 Å². The maximum atomic E-state index is 12.3. The number of sulfonamides is 1. The molecule has 0 aliphatic carbocycles. The molecule has 7 nitrogen and oxygen atoms in total. The van der Waals surface area contributed by atoms with Crippen LogP contribution in [0.25, 0.3) is 11.1 Å². The highest BCUT2D eigenvalue weighted by Gasteiger charge is 2.23. The number of piperidine rings is 1. The fourth-order valence-electron chi connectivity index (χ4n) is 3.20. The Hall–Kier alpha value is -2.03. The number of hydrogen-bond acceptors (Lipinski definition) is 6. The summed E-state index contributed by atoms with van der Waals surface area (Å²) in [5.74, 6) is 0.503. The summed E-state index contributed by atoms with van der Waals surface area (Å²) in [6, 6.07) is 8.21. The highest BCUT2D eigenvalue weighted by Crippen LogP contribution is 2.19. The predicted molar refractivity (Wildman–Crippen MR) is 108 cm³/mol. The van der Waals surface area contributed by atoms with Gasteiger partial charge in [0, 0.05) is 44.1 Å². The van der Waals surface area contributed by atoms with Gasteiger partial charge in [-0.05, 0) is 37.1 Å². The van der Waals surface area contributed by atoms with Crippen LogP contribution in [0.3, 0.4) is 0 Å². The highest BCUT2D eigenvalue weighted by molar-refractivity contribution is 7.89. The fraction of sp³-hybridized carbons (Fsp3) is 0.474. The lowest BCUT2D eigenvalue weighted by molar-refractivity contribution is 0.347. The average molecular weight is 390 g/mol. The average Bonchev–Trinajstić information content (AvgIpc) is 2.70. The minimum atomic E-state index is -3.21.